The second-order valence-corrected chi connectivity index (χ2v) is 7.64. The summed E-state index contributed by atoms with van der Waals surface area (Å²) in [5.74, 6) is -0.487. The summed E-state index contributed by atoms with van der Waals surface area (Å²) < 4.78 is 14.3. The molecule has 1 atom stereocenters. The molecule has 0 aliphatic carbocycles. The Hall–Kier alpha value is -1.70. The highest BCUT2D eigenvalue weighted by Gasteiger charge is 2.36. The number of aryl methyl sites for hydroxylation is 2. The Balaban J connectivity index is 2.06. The van der Waals surface area contributed by atoms with Crippen LogP contribution < -0.4 is 16.8 Å². The van der Waals surface area contributed by atoms with Gasteiger partial charge in [-0.25, -0.2) is 8.51 Å². The minimum Gasteiger partial charge on any atom is -0.388 e. The summed E-state index contributed by atoms with van der Waals surface area (Å²) >= 11 is 0. The van der Waals surface area contributed by atoms with E-state index in [1.54, 1.807) is 5.41 Å². The average molecular weight is 350 g/mol. The van der Waals surface area contributed by atoms with Crippen LogP contribution in [0.2, 0.25) is 0 Å². The van der Waals surface area contributed by atoms with E-state index in [9.17, 15) is 9.00 Å². The lowest BCUT2D eigenvalue weighted by Crippen LogP contribution is -2.58. The zero-order chi connectivity index (χ0) is 17.9. The molecular formula is C17H26N4O2S. The van der Waals surface area contributed by atoms with Crippen molar-refractivity contribution in [2.45, 2.75) is 32.2 Å². The summed E-state index contributed by atoms with van der Waals surface area (Å²) in [6.45, 7) is 5.06. The summed E-state index contributed by atoms with van der Waals surface area (Å²) in [6.07, 6.45) is 2.76. The first-order valence-corrected chi connectivity index (χ1v) is 9.15. The lowest BCUT2D eigenvalue weighted by molar-refractivity contribution is -0.124. The molecule has 1 heterocycles. The van der Waals surface area contributed by atoms with Gasteiger partial charge < -0.3 is 16.8 Å². The van der Waals surface area contributed by atoms with E-state index in [1.165, 1.54) is 0 Å². The zero-order valence-corrected chi connectivity index (χ0v) is 15.3. The van der Waals surface area contributed by atoms with Crippen LogP contribution in [0.4, 0.5) is 5.69 Å². The van der Waals surface area contributed by atoms with Crippen LogP contribution in [0, 0.1) is 13.8 Å². The van der Waals surface area contributed by atoms with Crippen molar-refractivity contribution in [2.24, 2.45) is 11.5 Å². The third-order valence-electron chi connectivity index (χ3n) is 4.59. The van der Waals surface area contributed by atoms with Crippen molar-refractivity contribution in [3.63, 3.8) is 0 Å². The van der Waals surface area contributed by atoms with Crippen molar-refractivity contribution >= 4 is 28.7 Å². The molecule has 1 aliphatic rings. The van der Waals surface area contributed by atoms with Crippen LogP contribution >= 0.6 is 0 Å². The summed E-state index contributed by atoms with van der Waals surface area (Å²) in [6, 6.07) is 4.12. The van der Waals surface area contributed by atoms with E-state index in [4.69, 9.17) is 11.5 Å². The van der Waals surface area contributed by atoms with Gasteiger partial charge >= 0.3 is 0 Å². The summed E-state index contributed by atoms with van der Waals surface area (Å²) in [5.41, 5.74) is 14.7. The van der Waals surface area contributed by atoms with E-state index in [0.717, 1.165) is 22.4 Å². The Morgan fingerprint density at radius 3 is 2.29 bits per heavy atom. The average Bonchev–Trinajstić information content (AvgIpc) is 2.54. The highest BCUT2D eigenvalue weighted by Crippen LogP contribution is 2.23. The number of primary amides is 1. The lowest BCUT2D eigenvalue weighted by atomic mass is 9.89. The second kappa shape index (κ2) is 7.46. The minimum absolute atomic E-state index is 0.427. The highest BCUT2D eigenvalue weighted by molar-refractivity contribution is 7.85. The molecule has 0 aromatic heterocycles. The van der Waals surface area contributed by atoms with Gasteiger partial charge in [-0.1, -0.05) is 0 Å². The van der Waals surface area contributed by atoms with Gasteiger partial charge in [-0.2, -0.15) is 0 Å². The van der Waals surface area contributed by atoms with Crippen LogP contribution in [0.5, 0.6) is 0 Å². The molecule has 0 saturated carbocycles. The molecule has 1 aliphatic heterocycles. The first kappa shape index (κ1) is 18.6. The summed E-state index contributed by atoms with van der Waals surface area (Å²) in [4.78, 5) is 11.4. The quantitative estimate of drug-likeness (QED) is 0.744. The van der Waals surface area contributed by atoms with Crippen molar-refractivity contribution < 1.29 is 9.00 Å². The molecule has 24 heavy (non-hydrogen) atoms. The van der Waals surface area contributed by atoms with Gasteiger partial charge in [-0.05, 0) is 61.6 Å². The molecule has 5 N–H and O–H groups in total. The van der Waals surface area contributed by atoms with Crippen LogP contribution in [0.15, 0.2) is 17.5 Å². The number of carbonyl (C=O) groups is 1. The molecule has 1 aromatic carbocycles. The predicted octanol–water partition coefficient (Wildman–Crippen LogP) is 1.26. The van der Waals surface area contributed by atoms with Gasteiger partial charge in [0.25, 0.3) is 0 Å². The molecule has 2 rings (SSSR count). The fraction of sp³-hybridized carbons (Fsp3) is 0.471. The van der Waals surface area contributed by atoms with Gasteiger partial charge in [0.1, 0.15) is 11.0 Å². The van der Waals surface area contributed by atoms with Crippen LogP contribution in [0.1, 0.15) is 29.5 Å². The molecule has 1 fully saturated rings. The normalized spacial score (nSPS) is 19.3. The van der Waals surface area contributed by atoms with E-state index >= 15 is 0 Å². The number of hydrogen-bond donors (Lipinski definition) is 3. The predicted molar refractivity (Wildman–Crippen MR) is 99.6 cm³/mol. The van der Waals surface area contributed by atoms with Gasteiger partial charge in [0.05, 0.1) is 5.54 Å². The fourth-order valence-electron chi connectivity index (χ4n) is 2.91. The number of nitrogens with one attached hydrogen (secondary N) is 1. The summed E-state index contributed by atoms with van der Waals surface area (Å²) in [5, 5.41) is 4.82. The molecule has 0 spiro atoms. The number of benzene rings is 1. The van der Waals surface area contributed by atoms with E-state index < -0.39 is 22.4 Å². The Morgan fingerprint density at radius 2 is 1.83 bits per heavy atom. The molecule has 6 nitrogen and oxygen atoms in total. The number of rotatable bonds is 5. The Kier molecular flexibility index (Phi) is 5.79. The van der Waals surface area contributed by atoms with Gasteiger partial charge in [0.2, 0.25) is 5.91 Å². The maximum Gasteiger partial charge on any atom is 0.237 e. The minimum atomic E-state index is -1.25. The van der Waals surface area contributed by atoms with Crippen molar-refractivity contribution in [2.75, 3.05) is 25.5 Å². The maximum atomic E-state index is 12.5. The Morgan fingerprint density at radius 1 is 1.29 bits per heavy atom. The number of amides is 1. The van der Waals surface area contributed by atoms with E-state index in [2.05, 4.69) is 17.4 Å². The molecule has 1 saturated heterocycles. The zero-order valence-electron chi connectivity index (χ0n) is 14.5. The lowest BCUT2D eigenvalue weighted by Gasteiger charge is -2.35. The van der Waals surface area contributed by atoms with Gasteiger partial charge in [0, 0.05) is 31.2 Å². The van der Waals surface area contributed by atoms with Crippen LogP contribution in [-0.2, 0) is 15.8 Å². The molecule has 7 heteroatoms. The SMILES string of the molecule is CNc1cc(C)c(/C=C/S(=O)N2CCC(N)(C(N)=O)CC2)c(C)c1. The smallest absolute Gasteiger partial charge is 0.237 e. The van der Waals surface area contributed by atoms with Crippen molar-refractivity contribution in [1.29, 1.82) is 0 Å². The topological polar surface area (TPSA) is 101 Å². The van der Waals surface area contributed by atoms with Crippen molar-refractivity contribution in [3.05, 3.63) is 34.2 Å². The Labute approximate surface area is 145 Å². The molecule has 0 bridgehead atoms. The van der Waals surface area contributed by atoms with E-state index in [0.29, 0.717) is 25.9 Å². The monoisotopic (exact) mass is 350 g/mol. The van der Waals surface area contributed by atoms with Gasteiger partial charge in [-0.15, -0.1) is 0 Å². The highest BCUT2D eigenvalue weighted by atomic mass is 32.2. The largest absolute Gasteiger partial charge is 0.388 e. The van der Waals surface area contributed by atoms with Crippen molar-refractivity contribution in [1.82, 2.24) is 4.31 Å². The van der Waals surface area contributed by atoms with Crippen LogP contribution in [0.25, 0.3) is 6.08 Å². The fourth-order valence-corrected chi connectivity index (χ4v) is 3.87. The van der Waals surface area contributed by atoms with Gasteiger partial charge in [0.15, 0.2) is 0 Å². The van der Waals surface area contributed by atoms with Crippen LogP contribution in [0.3, 0.4) is 0 Å². The first-order chi connectivity index (χ1) is 11.3. The standard InChI is InChI=1S/C17H26N4O2S/c1-12-10-14(20-3)11-13(2)15(12)4-9-24(23)21-7-5-17(19,6-8-21)16(18)22/h4,9-11,20H,5-8,19H2,1-3H3,(H2,18,22)/b9-4+. The van der Waals surface area contributed by atoms with E-state index in [-0.39, 0.29) is 0 Å². The number of nitrogens with two attached hydrogens (primary N) is 2. The second-order valence-electron chi connectivity index (χ2n) is 6.30. The van der Waals surface area contributed by atoms with Crippen molar-refractivity contribution in [3.8, 4) is 0 Å². The van der Waals surface area contributed by atoms with Crippen LogP contribution in [-0.4, -0.2) is 40.1 Å². The summed E-state index contributed by atoms with van der Waals surface area (Å²) in [7, 11) is 0.640. The molecular weight excluding hydrogens is 324 g/mol. The maximum absolute atomic E-state index is 12.5. The third kappa shape index (κ3) is 4.03. The molecule has 0 radical (unpaired) electrons. The molecule has 1 amide bonds. The molecule has 1 unspecified atom stereocenters. The third-order valence-corrected chi connectivity index (χ3v) is 5.84. The molecule has 132 valence electrons. The number of carbonyl (C=O) groups excluding carboxylic acids is 1. The number of anilines is 1. The number of nitrogens with zero attached hydrogens (tertiary/aromatic N) is 1. The first-order valence-electron chi connectivity index (χ1n) is 7.98. The molecule has 1 aromatic rings. The Bertz CT molecular complexity index is 656. The number of hydrogen-bond acceptors (Lipinski definition) is 4. The van der Waals surface area contributed by atoms with Gasteiger partial charge in [-0.3, -0.25) is 4.79 Å². The van der Waals surface area contributed by atoms with E-state index in [1.807, 2.05) is 31.3 Å². The number of piperidine rings is 1.